The van der Waals surface area contributed by atoms with Crippen LogP contribution in [0.25, 0.3) is 0 Å². The second-order valence-electron chi connectivity index (χ2n) is 4.50. The Morgan fingerprint density at radius 1 is 1.52 bits per heavy atom. The van der Waals surface area contributed by atoms with Crippen molar-refractivity contribution in [2.75, 3.05) is 13.7 Å². The lowest BCUT2D eigenvalue weighted by molar-refractivity contribution is 0.0785. The molecular weight excluding hydrogens is 284 g/mol. The molecule has 0 aliphatic rings. The molecule has 2 rings (SSSR count). The highest BCUT2D eigenvalue weighted by atomic mass is 32.1. The number of rotatable bonds is 4. The van der Waals surface area contributed by atoms with E-state index in [0.29, 0.717) is 18.5 Å². The third-order valence-electron chi connectivity index (χ3n) is 2.78. The van der Waals surface area contributed by atoms with Crippen LogP contribution in [0.1, 0.15) is 27.2 Å². The van der Waals surface area contributed by atoms with Crippen LogP contribution in [0.2, 0.25) is 0 Å². The van der Waals surface area contributed by atoms with Crippen molar-refractivity contribution in [3.63, 3.8) is 0 Å². The van der Waals surface area contributed by atoms with Gasteiger partial charge >= 0.3 is 0 Å². The van der Waals surface area contributed by atoms with Crippen LogP contribution in [0.4, 0.5) is 0 Å². The van der Waals surface area contributed by atoms with Crippen LogP contribution >= 0.6 is 11.3 Å². The van der Waals surface area contributed by atoms with E-state index in [1.54, 1.807) is 47.8 Å². The number of pyridine rings is 1. The summed E-state index contributed by atoms with van der Waals surface area (Å²) < 4.78 is 0. The first kappa shape index (κ1) is 15.2. The molecule has 0 radical (unpaired) electrons. The lowest BCUT2D eigenvalue weighted by atomic mass is 10.2. The normalized spacial score (nSPS) is 9.81. The van der Waals surface area contributed by atoms with Crippen molar-refractivity contribution in [1.82, 2.24) is 9.88 Å². The maximum Gasteiger partial charge on any atom is 0.255 e. The lowest BCUT2D eigenvalue weighted by Gasteiger charge is -2.16. The maximum absolute atomic E-state index is 12.2. The number of hydrogen-bond donors (Lipinski definition) is 1. The molecule has 0 bridgehead atoms. The van der Waals surface area contributed by atoms with Gasteiger partial charge in [-0.2, -0.15) is 0 Å². The van der Waals surface area contributed by atoms with Crippen LogP contribution in [0.15, 0.2) is 36.0 Å². The first-order valence-corrected chi connectivity index (χ1v) is 7.41. The highest BCUT2D eigenvalue weighted by Gasteiger charge is 2.12. The highest BCUT2D eigenvalue weighted by Crippen LogP contribution is 2.16. The van der Waals surface area contributed by atoms with Gasteiger partial charge in [-0.15, -0.1) is 11.3 Å². The van der Waals surface area contributed by atoms with Gasteiger partial charge in [0.2, 0.25) is 0 Å². The second-order valence-corrected chi connectivity index (χ2v) is 5.41. The summed E-state index contributed by atoms with van der Waals surface area (Å²) in [6.07, 6.45) is 3.69. The fraction of sp³-hybridized carbons (Fsp3) is 0.250. The molecule has 0 unspecified atom stereocenters. The molecule has 2 aromatic rings. The molecule has 4 nitrogen and oxygen atoms in total. The standard InChI is InChI=1S/C16H16N2O2S/c1-18(16(20)14-5-4-7-17-10-14)11-13-9-15(21-12-13)6-2-3-8-19/h4-5,7,9-10,12,19H,3,8,11H2,1H3. The average molecular weight is 300 g/mol. The monoisotopic (exact) mass is 300 g/mol. The summed E-state index contributed by atoms with van der Waals surface area (Å²) in [6.45, 7) is 0.611. The summed E-state index contributed by atoms with van der Waals surface area (Å²) in [5.41, 5.74) is 1.63. The predicted molar refractivity (Wildman–Crippen MR) is 82.9 cm³/mol. The van der Waals surface area contributed by atoms with Gasteiger partial charge in [-0.05, 0) is 29.1 Å². The second kappa shape index (κ2) is 7.58. The number of amides is 1. The lowest BCUT2D eigenvalue weighted by Crippen LogP contribution is -2.26. The largest absolute Gasteiger partial charge is 0.395 e. The minimum Gasteiger partial charge on any atom is -0.395 e. The van der Waals surface area contributed by atoms with Crippen LogP contribution in [0.3, 0.4) is 0 Å². The van der Waals surface area contributed by atoms with E-state index in [0.717, 1.165) is 10.4 Å². The molecule has 0 spiro atoms. The molecule has 2 aromatic heterocycles. The molecule has 108 valence electrons. The van der Waals surface area contributed by atoms with Crippen molar-refractivity contribution < 1.29 is 9.90 Å². The van der Waals surface area contributed by atoms with Crippen molar-refractivity contribution >= 4 is 17.2 Å². The summed E-state index contributed by atoms with van der Waals surface area (Å²) in [4.78, 5) is 18.8. The van der Waals surface area contributed by atoms with E-state index < -0.39 is 0 Å². The number of hydrogen-bond acceptors (Lipinski definition) is 4. The van der Waals surface area contributed by atoms with E-state index >= 15 is 0 Å². The third-order valence-corrected chi connectivity index (χ3v) is 3.67. The Balaban J connectivity index is 1.99. The number of aliphatic hydroxyl groups excluding tert-OH is 1. The summed E-state index contributed by atoms with van der Waals surface area (Å²) in [5, 5.41) is 10.7. The van der Waals surface area contributed by atoms with E-state index in [-0.39, 0.29) is 12.5 Å². The van der Waals surface area contributed by atoms with Gasteiger partial charge in [0.25, 0.3) is 5.91 Å². The first-order valence-electron chi connectivity index (χ1n) is 6.53. The van der Waals surface area contributed by atoms with Gasteiger partial charge in [-0.3, -0.25) is 9.78 Å². The van der Waals surface area contributed by atoms with Crippen LogP contribution in [0, 0.1) is 11.8 Å². The molecule has 0 aromatic carbocycles. The zero-order valence-corrected chi connectivity index (χ0v) is 12.6. The van der Waals surface area contributed by atoms with E-state index in [9.17, 15) is 4.79 Å². The van der Waals surface area contributed by atoms with Crippen molar-refractivity contribution in [2.45, 2.75) is 13.0 Å². The molecule has 0 atom stereocenters. The molecule has 2 heterocycles. The minimum absolute atomic E-state index is 0.0535. The molecule has 1 N–H and O–H groups in total. The van der Waals surface area contributed by atoms with Crippen LogP contribution in [0.5, 0.6) is 0 Å². The van der Waals surface area contributed by atoms with E-state index in [1.807, 2.05) is 11.4 Å². The summed E-state index contributed by atoms with van der Waals surface area (Å²) >= 11 is 1.54. The van der Waals surface area contributed by atoms with Gasteiger partial charge in [0.05, 0.1) is 17.0 Å². The Morgan fingerprint density at radius 3 is 3.10 bits per heavy atom. The number of nitrogens with zero attached hydrogens (tertiary/aromatic N) is 2. The van der Waals surface area contributed by atoms with Crippen molar-refractivity contribution in [3.8, 4) is 11.8 Å². The number of aliphatic hydroxyl groups is 1. The Labute approximate surface area is 128 Å². The van der Waals surface area contributed by atoms with Gasteiger partial charge < -0.3 is 10.0 Å². The first-order chi connectivity index (χ1) is 10.2. The van der Waals surface area contributed by atoms with Crippen LogP contribution < -0.4 is 0 Å². The molecular formula is C16H16N2O2S. The summed E-state index contributed by atoms with van der Waals surface area (Å²) in [5.74, 6) is 5.83. The van der Waals surface area contributed by atoms with E-state index in [2.05, 4.69) is 16.8 Å². The van der Waals surface area contributed by atoms with Gasteiger partial charge in [0.15, 0.2) is 0 Å². The van der Waals surface area contributed by atoms with Crippen LogP contribution in [-0.2, 0) is 6.54 Å². The molecule has 21 heavy (non-hydrogen) atoms. The van der Waals surface area contributed by atoms with Gasteiger partial charge in [0, 0.05) is 32.4 Å². The minimum atomic E-state index is -0.0535. The van der Waals surface area contributed by atoms with Crippen molar-refractivity contribution in [2.24, 2.45) is 0 Å². The summed E-state index contributed by atoms with van der Waals surface area (Å²) in [7, 11) is 1.77. The average Bonchev–Trinajstić information content (AvgIpc) is 2.95. The smallest absolute Gasteiger partial charge is 0.255 e. The number of carbonyl (C=O) groups excluding carboxylic acids is 1. The summed E-state index contributed by atoms with van der Waals surface area (Å²) in [6, 6.07) is 5.48. The van der Waals surface area contributed by atoms with Crippen molar-refractivity contribution in [3.05, 3.63) is 52.0 Å². The SMILES string of the molecule is CN(Cc1csc(C#CCCO)c1)C(=O)c1cccnc1. The number of carbonyl (C=O) groups is 1. The highest BCUT2D eigenvalue weighted by molar-refractivity contribution is 7.10. The van der Waals surface area contributed by atoms with Crippen molar-refractivity contribution in [1.29, 1.82) is 0 Å². The third kappa shape index (κ3) is 4.42. The zero-order valence-electron chi connectivity index (χ0n) is 11.7. The predicted octanol–water partition coefficient (Wildman–Crippen LogP) is 2.15. The quantitative estimate of drug-likeness (QED) is 0.880. The Bertz CT molecular complexity index is 656. The molecule has 1 amide bonds. The fourth-order valence-corrected chi connectivity index (χ4v) is 2.56. The zero-order chi connectivity index (χ0) is 15.1. The molecule has 0 aliphatic heterocycles. The van der Waals surface area contributed by atoms with Gasteiger partial charge in [-0.25, -0.2) is 0 Å². The Morgan fingerprint density at radius 2 is 2.38 bits per heavy atom. The van der Waals surface area contributed by atoms with Gasteiger partial charge in [-0.1, -0.05) is 11.8 Å². The van der Waals surface area contributed by atoms with E-state index in [1.165, 1.54) is 0 Å². The number of aromatic nitrogens is 1. The van der Waals surface area contributed by atoms with Crippen LogP contribution in [-0.4, -0.2) is 34.6 Å². The molecule has 0 saturated heterocycles. The van der Waals surface area contributed by atoms with E-state index in [4.69, 9.17) is 5.11 Å². The molecule has 0 fully saturated rings. The Hall–Kier alpha value is -2.16. The van der Waals surface area contributed by atoms with Gasteiger partial charge in [0.1, 0.15) is 0 Å². The molecule has 5 heteroatoms. The molecule has 0 saturated carbocycles. The molecule has 0 aliphatic carbocycles. The fourth-order valence-electron chi connectivity index (χ4n) is 1.78. The Kier molecular flexibility index (Phi) is 5.50. The topological polar surface area (TPSA) is 53.4 Å². The number of thiophene rings is 1. The maximum atomic E-state index is 12.2.